The third-order valence-corrected chi connectivity index (χ3v) is 5.94. The van der Waals surface area contributed by atoms with Crippen molar-refractivity contribution in [3.8, 4) is 5.69 Å². The first-order valence-electron chi connectivity index (χ1n) is 8.96. The van der Waals surface area contributed by atoms with Crippen LogP contribution >= 0.6 is 0 Å². The topological polar surface area (TPSA) is 21.9 Å². The fraction of sp³-hybridized carbons (Fsp3) is 0.174. The lowest BCUT2D eigenvalue weighted by Gasteiger charge is -2.30. The summed E-state index contributed by atoms with van der Waals surface area (Å²) in [6.45, 7) is 4.61. The molecule has 2 aromatic heterocycles. The van der Waals surface area contributed by atoms with Crippen LogP contribution in [-0.2, 0) is 12.5 Å². The predicted octanol–water partition coefficient (Wildman–Crippen LogP) is 4.79. The SMILES string of the molecule is Cn1[c-][n+]2c3c(cccc31)C(C)(C)c1cccc3oc4cccc-2c4c13. The molecule has 1 aliphatic heterocycles. The van der Waals surface area contributed by atoms with Gasteiger partial charge in [0.25, 0.3) is 0 Å². The summed E-state index contributed by atoms with van der Waals surface area (Å²) >= 11 is 0. The molecular formula is C23H18N2O. The van der Waals surface area contributed by atoms with Crippen molar-refractivity contribution in [3.63, 3.8) is 0 Å². The molecule has 0 bridgehead atoms. The Hall–Kier alpha value is -3.07. The van der Waals surface area contributed by atoms with Gasteiger partial charge >= 0.3 is 0 Å². The molecule has 0 N–H and O–H groups in total. The number of para-hydroxylation sites is 1. The Bertz CT molecular complexity index is 1370. The van der Waals surface area contributed by atoms with Crippen molar-refractivity contribution in [2.24, 2.45) is 7.05 Å². The number of fused-ring (bicyclic) bond motifs is 1. The van der Waals surface area contributed by atoms with Gasteiger partial charge in [0.05, 0.1) is 23.8 Å². The molecule has 0 spiro atoms. The number of aromatic nitrogens is 2. The number of imidazole rings is 1. The lowest BCUT2D eigenvalue weighted by molar-refractivity contribution is -0.571. The molecule has 3 heteroatoms. The normalized spacial score (nSPS) is 15.0. The van der Waals surface area contributed by atoms with E-state index in [9.17, 15) is 0 Å². The van der Waals surface area contributed by atoms with Crippen LogP contribution in [0.4, 0.5) is 0 Å². The van der Waals surface area contributed by atoms with Crippen molar-refractivity contribution < 1.29 is 8.98 Å². The van der Waals surface area contributed by atoms with Gasteiger partial charge < -0.3 is 13.6 Å². The van der Waals surface area contributed by atoms with Gasteiger partial charge in [-0.15, -0.1) is 0 Å². The molecular weight excluding hydrogens is 320 g/mol. The number of aryl methyl sites for hydroxylation is 1. The van der Waals surface area contributed by atoms with Crippen molar-refractivity contribution >= 4 is 33.0 Å². The molecule has 0 saturated heterocycles. The fourth-order valence-electron chi connectivity index (χ4n) is 4.67. The zero-order valence-corrected chi connectivity index (χ0v) is 15.0. The molecule has 6 rings (SSSR count). The number of rotatable bonds is 0. The lowest BCUT2D eigenvalue weighted by Crippen LogP contribution is -2.34. The summed E-state index contributed by atoms with van der Waals surface area (Å²) in [5.74, 6) is 0. The quantitative estimate of drug-likeness (QED) is 0.294. The average Bonchev–Trinajstić information content (AvgIpc) is 3.18. The van der Waals surface area contributed by atoms with Crippen molar-refractivity contribution in [1.29, 1.82) is 0 Å². The Morgan fingerprint density at radius 3 is 2.42 bits per heavy atom. The van der Waals surface area contributed by atoms with Crippen molar-refractivity contribution in [2.45, 2.75) is 19.3 Å². The first-order valence-corrected chi connectivity index (χ1v) is 8.96. The number of benzene rings is 3. The van der Waals surface area contributed by atoms with Gasteiger partial charge in [-0.1, -0.05) is 56.3 Å². The maximum atomic E-state index is 6.23. The van der Waals surface area contributed by atoms with Gasteiger partial charge in [-0.25, -0.2) is 0 Å². The van der Waals surface area contributed by atoms with E-state index in [1.165, 1.54) is 32.9 Å². The first kappa shape index (κ1) is 14.1. The minimum Gasteiger partial charge on any atom is -0.457 e. The maximum Gasteiger partial charge on any atom is 0.244 e. The summed E-state index contributed by atoms with van der Waals surface area (Å²) in [4.78, 5) is 0. The van der Waals surface area contributed by atoms with Gasteiger partial charge in [-0.2, -0.15) is 0 Å². The maximum absolute atomic E-state index is 6.23. The molecule has 3 nitrogen and oxygen atoms in total. The highest BCUT2D eigenvalue weighted by atomic mass is 16.3. The number of hydrogen-bond acceptors (Lipinski definition) is 1. The second-order valence-corrected chi connectivity index (χ2v) is 7.72. The highest BCUT2D eigenvalue weighted by molar-refractivity contribution is 6.11. The molecule has 1 aliphatic rings. The zero-order valence-electron chi connectivity index (χ0n) is 15.0. The van der Waals surface area contributed by atoms with Gasteiger partial charge in [0, 0.05) is 16.2 Å². The van der Waals surface area contributed by atoms with Gasteiger partial charge in [-0.3, -0.25) is 0 Å². The summed E-state index contributed by atoms with van der Waals surface area (Å²) in [6, 6.07) is 19.3. The Balaban J connectivity index is 2.01. The highest BCUT2D eigenvalue weighted by Crippen LogP contribution is 2.44. The van der Waals surface area contributed by atoms with E-state index in [4.69, 9.17) is 4.42 Å². The monoisotopic (exact) mass is 338 g/mol. The lowest BCUT2D eigenvalue weighted by atomic mass is 9.75. The Morgan fingerprint density at radius 2 is 1.58 bits per heavy atom. The summed E-state index contributed by atoms with van der Waals surface area (Å²) in [5.41, 5.74) is 7.88. The van der Waals surface area contributed by atoms with Crippen LogP contribution in [-0.4, -0.2) is 4.57 Å². The van der Waals surface area contributed by atoms with E-state index >= 15 is 0 Å². The molecule has 0 fully saturated rings. The fourth-order valence-corrected chi connectivity index (χ4v) is 4.67. The third-order valence-electron chi connectivity index (χ3n) is 5.94. The van der Waals surface area contributed by atoms with Crippen LogP contribution in [0.15, 0.2) is 59.0 Å². The van der Waals surface area contributed by atoms with Gasteiger partial charge in [0.2, 0.25) is 6.33 Å². The highest BCUT2D eigenvalue weighted by Gasteiger charge is 2.32. The van der Waals surface area contributed by atoms with Crippen LogP contribution < -0.4 is 4.57 Å². The molecule has 3 aromatic carbocycles. The Morgan fingerprint density at radius 1 is 0.885 bits per heavy atom. The van der Waals surface area contributed by atoms with Gasteiger partial charge in [-0.05, 0) is 23.3 Å². The number of furan rings is 1. The van der Waals surface area contributed by atoms with E-state index in [0.717, 1.165) is 16.9 Å². The average molecular weight is 338 g/mol. The largest absolute Gasteiger partial charge is 0.457 e. The standard InChI is InChI=1S/C23H18N2O/c1-23(2)14-7-5-11-18-20(14)21-16(9-6-12-19(21)26-18)25-13-24(3)17-10-4-8-15(23)22(17)25/h4-12H,1-3H3. The van der Waals surface area contributed by atoms with E-state index in [2.05, 4.69) is 91.0 Å². The zero-order chi connectivity index (χ0) is 17.6. The Labute approximate surface area is 151 Å². The van der Waals surface area contributed by atoms with Crippen LogP contribution in [0.5, 0.6) is 0 Å². The predicted molar refractivity (Wildman–Crippen MR) is 103 cm³/mol. The molecule has 0 atom stereocenters. The number of nitrogens with zero attached hydrogens (tertiary/aromatic N) is 2. The minimum atomic E-state index is -0.152. The Kier molecular flexibility index (Phi) is 2.37. The van der Waals surface area contributed by atoms with Crippen LogP contribution in [0, 0.1) is 6.33 Å². The van der Waals surface area contributed by atoms with E-state index < -0.39 is 0 Å². The molecule has 3 heterocycles. The van der Waals surface area contributed by atoms with Crippen LogP contribution in [0.2, 0.25) is 0 Å². The smallest absolute Gasteiger partial charge is 0.244 e. The summed E-state index contributed by atoms with van der Waals surface area (Å²) in [7, 11) is 2.06. The summed E-state index contributed by atoms with van der Waals surface area (Å²) < 4.78 is 10.5. The third kappa shape index (κ3) is 1.48. The van der Waals surface area contributed by atoms with Crippen molar-refractivity contribution in [1.82, 2.24) is 4.57 Å². The molecule has 0 amide bonds. The van der Waals surface area contributed by atoms with E-state index in [-0.39, 0.29) is 5.41 Å². The summed E-state index contributed by atoms with van der Waals surface area (Å²) in [6.07, 6.45) is 3.52. The van der Waals surface area contributed by atoms with Crippen molar-refractivity contribution in [2.75, 3.05) is 0 Å². The molecule has 0 saturated carbocycles. The minimum absolute atomic E-state index is 0.152. The molecule has 0 unspecified atom stereocenters. The van der Waals surface area contributed by atoms with Crippen molar-refractivity contribution in [3.05, 3.63) is 72.1 Å². The van der Waals surface area contributed by atoms with Gasteiger partial charge in [0.1, 0.15) is 11.2 Å². The van der Waals surface area contributed by atoms with E-state index in [0.29, 0.717) is 0 Å². The second-order valence-electron chi connectivity index (χ2n) is 7.72. The second kappa shape index (κ2) is 4.36. The molecule has 5 aromatic rings. The van der Waals surface area contributed by atoms with Gasteiger partial charge in [0.15, 0.2) is 0 Å². The first-order chi connectivity index (χ1) is 12.6. The van der Waals surface area contributed by atoms with Crippen LogP contribution in [0.25, 0.3) is 38.7 Å². The number of hydrogen-bond donors (Lipinski definition) is 0. The molecule has 0 radical (unpaired) electrons. The molecule has 0 aliphatic carbocycles. The van der Waals surface area contributed by atoms with E-state index in [1.54, 1.807) is 0 Å². The van der Waals surface area contributed by atoms with Crippen LogP contribution in [0.3, 0.4) is 0 Å². The summed E-state index contributed by atoms with van der Waals surface area (Å²) in [5, 5.41) is 2.39. The van der Waals surface area contributed by atoms with Crippen LogP contribution in [0.1, 0.15) is 25.0 Å². The molecule has 126 valence electrons. The molecule has 26 heavy (non-hydrogen) atoms. The van der Waals surface area contributed by atoms with E-state index in [1.807, 2.05) is 0 Å².